The summed E-state index contributed by atoms with van der Waals surface area (Å²) >= 11 is 8.16. The Bertz CT molecular complexity index is 4950. The van der Waals surface area contributed by atoms with E-state index in [-0.39, 0.29) is 113 Å². The first-order valence-electron chi connectivity index (χ1n) is 22.7. The molecule has 0 aliphatic rings. The smallest absolute Gasteiger partial charge is 0.296 e. The van der Waals surface area contributed by atoms with Crippen molar-refractivity contribution in [3.05, 3.63) is 81.9 Å². The Kier molecular flexibility index (Phi) is 17.2. The number of nitrogens with zero attached hydrogens (tertiary/aromatic N) is 10. The number of rotatable bonds is 20. The molecule has 438 valence electrons. The summed E-state index contributed by atoms with van der Waals surface area (Å²) in [5, 5.41) is 45.7. The molecule has 0 amide bonds. The monoisotopic (exact) mass is 1320 g/mol. The van der Waals surface area contributed by atoms with E-state index in [4.69, 9.17) is 16.3 Å². The molecule has 8 rings (SSSR count). The number of nitriles is 1. The van der Waals surface area contributed by atoms with Crippen LogP contribution in [0.4, 0.5) is 33.6 Å². The van der Waals surface area contributed by atoms with Gasteiger partial charge in [0.15, 0.2) is 11.3 Å². The lowest BCUT2D eigenvalue weighted by Gasteiger charge is -2.12. The molecule has 30 nitrogen and oxygen atoms in total. The van der Waals surface area contributed by atoms with Crippen LogP contribution in [0.1, 0.15) is 35.1 Å². The van der Waals surface area contributed by atoms with E-state index in [9.17, 15) is 88.2 Å². The van der Waals surface area contributed by atoms with Gasteiger partial charge in [-0.1, -0.05) is 22.9 Å². The molecule has 83 heavy (non-hydrogen) atoms. The number of fused-ring (bicyclic) bond motifs is 6. The number of benzene rings is 5. The van der Waals surface area contributed by atoms with Crippen LogP contribution in [0.5, 0.6) is 11.6 Å². The minimum Gasteiger partial charge on any atom is -0.493 e. The fourth-order valence-electron chi connectivity index (χ4n) is 7.98. The van der Waals surface area contributed by atoms with E-state index in [0.717, 1.165) is 34.4 Å². The molecular weight excluding hydrogens is 1280 g/mol. The van der Waals surface area contributed by atoms with Crippen molar-refractivity contribution >= 4 is 167 Å². The maximum atomic E-state index is 12.6. The Morgan fingerprint density at radius 3 is 1.88 bits per heavy atom. The van der Waals surface area contributed by atoms with Crippen molar-refractivity contribution in [3.8, 4) is 17.7 Å². The number of imidazole rings is 1. The van der Waals surface area contributed by atoms with E-state index in [1.807, 2.05) is 6.07 Å². The number of hydrogen-bond donors (Lipinski definition) is 7. The molecule has 0 unspecified atom stereocenters. The van der Waals surface area contributed by atoms with Gasteiger partial charge in [-0.3, -0.25) is 31.7 Å². The van der Waals surface area contributed by atoms with Gasteiger partial charge in [-0.25, -0.2) is 9.97 Å². The van der Waals surface area contributed by atoms with Gasteiger partial charge in [0.05, 0.1) is 54.3 Å². The summed E-state index contributed by atoms with van der Waals surface area (Å²) in [6.45, 7) is 4.14. The normalized spacial score (nSPS) is 13.3. The van der Waals surface area contributed by atoms with Crippen LogP contribution in [-0.2, 0) is 60.7 Å². The SMILES string of the molecule is Cc1cc(N=Nc2c(C)c(C#N)c3nc4c(C)cc(S(=O)(=O)O)cc4n3c2O)c(OCCCS(=O)(=O)O)cc1N=Nc1cc(Cl)c(N=Nc2nc3c(S(=O)(=O)O)cc4c(S(=O)(=O)O)cc(S(=O)(=O)O)cc4c3s2)cc1SCCCS(=O)(=O)O. The molecule has 39 heteroatoms. The summed E-state index contributed by atoms with van der Waals surface area (Å²) in [5.41, 5.74) is -0.336. The highest BCUT2D eigenvalue weighted by molar-refractivity contribution is 7.99. The lowest BCUT2D eigenvalue weighted by molar-refractivity contribution is 0.317. The number of aryl methyl sites for hydroxylation is 2. The van der Waals surface area contributed by atoms with Gasteiger partial charge in [0.1, 0.15) is 49.8 Å². The average Bonchev–Trinajstić information content (AvgIpc) is 1.93. The number of hydrogen-bond acceptors (Lipinski definition) is 25. The molecular formula is C44H37ClN10O20S8. The number of thiazole rings is 1. The van der Waals surface area contributed by atoms with Crippen molar-refractivity contribution in [2.75, 3.05) is 23.9 Å². The minimum atomic E-state index is -5.33. The van der Waals surface area contributed by atoms with Gasteiger partial charge in [0.25, 0.3) is 60.7 Å². The quantitative estimate of drug-likeness (QED) is 0.0161. The average molecular weight is 1320 g/mol. The molecule has 0 spiro atoms. The molecule has 0 atom stereocenters. The van der Waals surface area contributed by atoms with Crippen molar-refractivity contribution in [2.45, 2.75) is 58.1 Å². The Morgan fingerprint density at radius 1 is 0.639 bits per heavy atom. The number of ether oxygens (including phenoxy) is 1. The molecule has 0 fully saturated rings. The zero-order chi connectivity index (χ0) is 61.1. The predicted molar refractivity (Wildman–Crippen MR) is 298 cm³/mol. The van der Waals surface area contributed by atoms with Crippen LogP contribution < -0.4 is 4.74 Å². The minimum absolute atomic E-state index is 0.0127. The van der Waals surface area contributed by atoms with Gasteiger partial charge in [-0.05, 0) is 99.0 Å². The first-order chi connectivity index (χ1) is 38.4. The predicted octanol–water partition coefficient (Wildman–Crippen LogP) is 9.67. The number of pyridine rings is 1. The fraction of sp³-hybridized carbons (Fsp3) is 0.205. The molecule has 0 aliphatic carbocycles. The van der Waals surface area contributed by atoms with E-state index >= 15 is 0 Å². The van der Waals surface area contributed by atoms with Crippen LogP contribution in [0.25, 0.3) is 37.7 Å². The van der Waals surface area contributed by atoms with Gasteiger partial charge in [-0.15, -0.1) is 37.3 Å². The molecule has 8 aromatic rings. The van der Waals surface area contributed by atoms with Crippen molar-refractivity contribution in [2.24, 2.45) is 30.7 Å². The van der Waals surface area contributed by atoms with Gasteiger partial charge in [-0.2, -0.15) is 60.9 Å². The first kappa shape index (κ1) is 62.2. The zero-order valence-electron chi connectivity index (χ0n) is 42.0. The molecule has 5 aromatic carbocycles. The standard InChI is InChI=1S/C44H37ClN10O20S8/c1-20-11-31(51-53-39-22(3)27(19-46)42-47-38-21(2)10-23(80(63,64)65)13-33(38)55(42)43(39)56)34(75-6-4-8-78(57,58)59)17-29(20)49-52-32-16-28(45)30(18-35(32)76-7-5-9-79(60,61)62)50-54-44-48-40-37(83(72,73)74)15-25-26(41(40)77-44)12-24(81(66,67)68)14-36(25)82(69,70)71/h10-18,56H,4-9H2,1-3H3,(H,57,58,59)(H,60,61,62)(H,63,64,65)(H,66,67,68)(H,69,70,71)(H,72,73,74). The Balaban J connectivity index is 1.20. The van der Waals surface area contributed by atoms with Crippen LogP contribution in [0.3, 0.4) is 0 Å². The summed E-state index contributed by atoms with van der Waals surface area (Å²) in [4.78, 5) is 5.03. The highest BCUT2D eigenvalue weighted by Gasteiger charge is 2.28. The van der Waals surface area contributed by atoms with E-state index < -0.39 is 114 Å². The summed E-state index contributed by atoms with van der Waals surface area (Å²) in [6.07, 6.45) is -0.337. The van der Waals surface area contributed by atoms with Crippen LogP contribution in [0, 0.1) is 32.1 Å². The lowest BCUT2D eigenvalue weighted by Crippen LogP contribution is -2.08. The van der Waals surface area contributed by atoms with E-state index in [0.29, 0.717) is 29.0 Å². The van der Waals surface area contributed by atoms with Crippen LogP contribution in [0.2, 0.25) is 5.02 Å². The summed E-state index contributed by atoms with van der Waals surface area (Å²) < 4.78 is 210. The lowest BCUT2D eigenvalue weighted by atomic mass is 10.1. The second-order valence-electron chi connectivity index (χ2n) is 17.6. The summed E-state index contributed by atoms with van der Waals surface area (Å²) in [6, 6.07) is 11.2. The third-order valence-electron chi connectivity index (χ3n) is 11.7. The van der Waals surface area contributed by atoms with Crippen LogP contribution >= 0.6 is 34.7 Å². The van der Waals surface area contributed by atoms with Crippen LogP contribution in [0.15, 0.2) is 110 Å². The van der Waals surface area contributed by atoms with Gasteiger partial charge in [0.2, 0.25) is 11.0 Å². The van der Waals surface area contributed by atoms with E-state index in [1.165, 1.54) is 38.1 Å². The molecule has 0 saturated heterocycles. The number of thioether (sulfide) groups is 1. The number of halogens is 1. The molecule has 3 heterocycles. The second kappa shape index (κ2) is 23.0. The van der Waals surface area contributed by atoms with Crippen molar-refractivity contribution in [3.63, 3.8) is 0 Å². The summed E-state index contributed by atoms with van der Waals surface area (Å²) in [7, 11) is -29.3. The van der Waals surface area contributed by atoms with Gasteiger partial charge >= 0.3 is 0 Å². The molecule has 7 N–H and O–H groups in total. The Morgan fingerprint density at radius 2 is 1.25 bits per heavy atom. The number of aromatic nitrogens is 3. The molecule has 3 aromatic heterocycles. The summed E-state index contributed by atoms with van der Waals surface area (Å²) in [5.74, 6) is -2.11. The topological polar surface area (TPSA) is 484 Å². The van der Waals surface area contributed by atoms with Crippen LogP contribution in [-0.4, -0.2) is 121 Å². The van der Waals surface area contributed by atoms with Crippen molar-refractivity contribution in [1.82, 2.24) is 14.4 Å². The first-order valence-corrected chi connectivity index (χ1v) is 33.9. The Hall–Kier alpha value is -6.81. The second-order valence-corrected chi connectivity index (χ2v) is 28.9. The fourth-order valence-corrected chi connectivity index (χ4v) is 13.9. The number of azo groups is 3. The third kappa shape index (κ3) is 13.9. The maximum absolute atomic E-state index is 12.6. The number of aromatic hydroxyl groups is 1. The Labute approximate surface area is 482 Å². The molecule has 0 saturated carbocycles. The van der Waals surface area contributed by atoms with Crippen molar-refractivity contribution in [1.29, 1.82) is 5.26 Å². The highest BCUT2D eigenvalue weighted by Crippen LogP contribution is 2.46. The zero-order valence-corrected chi connectivity index (χ0v) is 49.3. The highest BCUT2D eigenvalue weighted by atomic mass is 35.5. The van der Waals surface area contributed by atoms with E-state index in [1.54, 1.807) is 6.92 Å². The third-order valence-corrected chi connectivity index (χ3v) is 19.2. The molecule has 0 bridgehead atoms. The molecule has 0 radical (unpaired) electrons. The van der Waals surface area contributed by atoms with E-state index in [2.05, 4.69) is 40.7 Å². The molecule has 0 aliphatic heterocycles. The van der Waals surface area contributed by atoms with Gasteiger partial charge < -0.3 is 9.84 Å². The maximum Gasteiger partial charge on any atom is 0.296 e. The largest absolute Gasteiger partial charge is 0.493 e. The van der Waals surface area contributed by atoms with Gasteiger partial charge in [0, 0.05) is 27.3 Å². The van der Waals surface area contributed by atoms with Crippen molar-refractivity contribution < 1.29 is 87.7 Å².